The number of sulfonamides is 1. The van der Waals surface area contributed by atoms with Crippen molar-refractivity contribution in [3.05, 3.63) is 6.20 Å². The third-order valence-electron chi connectivity index (χ3n) is 3.05. The second-order valence-electron chi connectivity index (χ2n) is 4.43. The average molecular weight is 260 g/mol. The molecular formula is C10H20N4O2S. The highest BCUT2D eigenvalue weighted by Gasteiger charge is 2.29. The number of nitrogen functional groups attached to an aromatic ring is 1. The molecule has 0 radical (unpaired) electrons. The maximum Gasteiger partial charge on any atom is 0.246 e. The quantitative estimate of drug-likeness (QED) is 0.821. The first kappa shape index (κ1) is 14.0. The molecule has 0 aliphatic heterocycles. The molecule has 0 aromatic carbocycles. The molecule has 0 unspecified atom stereocenters. The van der Waals surface area contributed by atoms with Gasteiger partial charge in [-0.25, -0.2) is 13.1 Å². The van der Waals surface area contributed by atoms with E-state index in [9.17, 15) is 8.42 Å². The Balaban J connectivity index is 3.09. The molecule has 17 heavy (non-hydrogen) atoms. The third-order valence-corrected chi connectivity index (χ3v) is 4.71. The van der Waals surface area contributed by atoms with Gasteiger partial charge in [0.25, 0.3) is 0 Å². The molecule has 1 rings (SSSR count). The second kappa shape index (κ2) is 4.66. The van der Waals surface area contributed by atoms with Crippen molar-refractivity contribution in [3.8, 4) is 0 Å². The van der Waals surface area contributed by atoms with Gasteiger partial charge in [0.1, 0.15) is 4.90 Å². The van der Waals surface area contributed by atoms with Crippen LogP contribution in [-0.2, 0) is 17.1 Å². The van der Waals surface area contributed by atoms with Crippen LogP contribution >= 0.6 is 0 Å². The van der Waals surface area contributed by atoms with E-state index in [-0.39, 0.29) is 10.7 Å². The van der Waals surface area contributed by atoms with Crippen LogP contribution in [0.25, 0.3) is 0 Å². The molecule has 0 saturated carbocycles. The Bertz CT molecular complexity index is 488. The van der Waals surface area contributed by atoms with E-state index in [0.29, 0.717) is 12.8 Å². The SMILES string of the molecule is CCC(C)(CC)NS(=O)(=O)c1cn(C)nc1N. The summed E-state index contributed by atoms with van der Waals surface area (Å²) in [6.07, 6.45) is 2.83. The normalized spacial score (nSPS) is 12.9. The average Bonchev–Trinajstić information content (AvgIpc) is 2.58. The maximum atomic E-state index is 12.2. The fourth-order valence-corrected chi connectivity index (χ4v) is 3.12. The zero-order chi connectivity index (χ0) is 13.3. The number of hydrogen-bond acceptors (Lipinski definition) is 4. The summed E-state index contributed by atoms with van der Waals surface area (Å²) in [7, 11) is -1.98. The summed E-state index contributed by atoms with van der Waals surface area (Å²) in [6, 6.07) is 0. The summed E-state index contributed by atoms with van der Waals surface area (Å²) < 4.78 is 28.4. The number of nitrogens with one attached hydrogen (secondary N) is 1. The van der Waals surface area contributed by atoms with E-state index in [1.807, 2.05) is 20.8 Å². The predicted molar refractivity (Wildman–Crippen MR) is 66.9 cm³/mol. The molecule has 7 heteroatoms. The molecule has 0 saturated heterocycles. The first-order valence-corrected chi connectivity index (χ1v) is 7.05. The van der Waals surface area contributed by atoms with Crippen molar-refractivity contribution in [3.63, 3.8) is 0 Å². The van der Waals surface area contributed by atoms with E-state index in [1.165, 1.54) is 10.9 Å². The van der Waals surface area contributed by atoms with Gasteiger partial charge in [-0.05, 0) is 19.8 Å². The Hall–Kier alpha value is -1.08. The van der Waals surface area contributed by atoms with Crippen LogP contribution in [0.2, 0.25) is 0 Å². The summed E-state index contributed by atoms with van der Waals surface area (Å²) in [5.41, 5.74) is 5.12. The van der Waals surface area contributed by atoms with Crippen molar-refractivity contribution in [2.75, 3.05) is 5.73 Å². The molecule has 3 N–H and O–H groups in total. The first-order valence-electron chi connectivity index (χ1n) is 5.57. The lowest BCUT2D eigenvalue weighted by Crippen LogP contribution is -2.44. The lowest BCUT2D eigenvalue weighted by molar-refractivity contribution is 0.389. The van der Waals surface area contributed by atoms with E-state index >= 15 is 0 Å². The Morgan fingerprint density at radius 2 is 2.00 bits per heavy atom. The Labute approximate surface area is 102 Å². The highest BCUT2D eigenvalue weighted by atomic mass is 32.2. The van der Waals surface area contributed by atoms with Gasteiger partial charge >= 0.3 is 0 Å². The summed E-state index contributed by atoms with van der Waals surface area (Å²) in [6.45, 7) is 5.76. The molecular weight excluding hydrogens is 240 g/mol. The Kier molecular flexibility index (Phi) is 3.83. The van der Waals surface area contributed by atoms with Gasteiger partial charge in [-0.1, -0.05) is 13.8 Å². The standard InChI is InChI=1S/C10H20N4O2S/c1-5-10(3,6-2)13-17(15,16)8-7-14(4)12-9(8)11/h7,13H,5-6H2,1-4H3,(H2,11,12). The molecule has 0 aliphatic rings. The first-order chi connectivity index (χ1) is 7.74. The zero-order valence-electron chi connectivity index (χ0n) is 10.7. The lowest BCUT2D eigenvalue weighted by Gasteiger charge is -2.27. The van der Waals surface area contributed by atoms with Crippen LogP contribution in [0.1, 0.15) is 33.6 Å². The highest BCUT2D eigenvalue weighted by Crippen LogP contribution is 2.21. The minimum absolute atomic E-state index is 0.0227. The van der Waals surface area contributed by atoms with Crippen LogP contribution in [0, 0.1) is 0 Å². The van der Waals surface area contributed by atoms with E-state index in [0.717, 1.165) is 0 Å². The number of rotatable bonds is 5. The van der Waals surface area contributed by atoms with Gasteiger partial charge in [-0.15, -0.1) is 0 Å². The smallest absolute Gasteiger partial charge is 0.246 e. The van der Waals surface area contributed by atoms with Crippen molar-refractivity contribution in [1.82, 2.24) is 14.5 Å². The molecule has 0 aliphatic carbocycles. The molecule has 6 nitrogen and oxygen atoms in total. The van der Waals surface area contributed by atoms with Gasteiger partial charge < -0.3 is 5.73 Å². The predicted octanol–water partition coefficient (Wildman–Crippen LogP) is 0.859. The fourth-order valence-electron chi connectivity index (χ4n) is 1.46. The molecule has 0 amide bonds. The van der Waals surface area contributed by atoms with Crippen molar-refractivity contribution in [2.24, 2.45) is 7.05 Å². The zero-order valence-corrected chi connectivity index (χ0v) is 11.5. The van der Waals surface area contributed by atoms with Gasteiger partial charge in [0, 0.05) is 18.8 Å². The van der Waals surface area contributed by atoms with Crippen molar-refractivity contribution in [2.45, 2.75) is 44.0 Å². The van der Waals surface area contributed by atoms with E-state index in [2.05, 4.69) is 9.82 Å². The molecule has 0 fully saturated rings. The minimum Gasteiger partial charge on any atom is -0.381 e. The van der Waals surface area contributed by atoms with Crippen LogP contribution in [-0.4, -0.2) is 23.7 Å². The highest BCUT2D eigenvalue weighted by molar-refractivity contribution is 7.89. The van der Waals surface area contributed by atoms with E-state index in [1.54, 1.807) is 7.05 Å². The van der Waals surface area contributed by atoms with Gasteiger partial charge in [-0.3, -0.25) is 4.68 Å². The Morgan fingerprint density at radius 1 is 1.47 bits per heavy atom. The molecule has 0 bridgehead atoms. The summed E-state index contributed by atoms with van der Waals surface area (Å²) >= 11 is 0. The van der Waals surface area contributed by atoms with Crippen molar-refractivity contribution < 1.29 is 8.42 Å². The molecule has 0 spiro atoms. The van der Waals surface area contributed by atoms with E-state index < -0.39 is 15.6 Å². The number of nitrogens with zero attached hydrogens (tertiary/aromatic N) is 2. The minimum atomic E-state index is -3.61. The Morgan fingerprint density at radius 3 is 2.35 bits per heavy atom. The fraction of sp³-hybridized carbons (Fsp3) is 0.700. The van der Waals surface area contributed by atoms with E-state index in [4.69, 9.17) is 5.73 Å². The molecule has 98 valence electrons. The summed E-state index contributed by atoms with van der Waals surface area (Å²) in [5, 5.41) is 3.83. The lowest BCUT2D eigenvalue weighted by atomic mass is 9.98. The van der Waals surface area contributed by atoms with Crippen molar-refractivity contribution in [1.29, 1.82) is 0 Å². The van der Waals surface area contributed by atoms with Gasteiger partial charge in [0.2, 0.25) is 10.0 Å². The monoisotopic (exact) mass is 260 g/mol. The molecule has 1 heterocycles. The van der Waals surface area contributed by atoms with Gasteiger partial charge in [0.05, 0.1) is 0 Å². The molecule has 0 atom stereocenters. The largest absolute Gasteiger partial charge is 0.381 e. The summed E-state index contributed by atoms with van der Waals surface area (Å²) in [5.74, 6) is 0.0227. The topological polar surface area (TPSA) is 90.0 Å². The third kappa shape index (κ3) is 2.98. The second-order valence-corrected chi connectivity index (χ2v) is 6.08. The van der Waals surface area contributed by atoms with Crippen LogP contribution in [0.5, 0.6) is 0 Å². The van der Waals surface area contributed by atoms with Crippen LogP contribution in [0.3, 0.4) is 0 Å². The van der Waals surface area contributed by atoms with Crippen LogP contribution in [0.4, 0.5) is 5.82 Å². The van der Waals surface area contributed by atoms with Crippen molar-refractivity contribution >= 4 is 15.8 Å². The maximum absolute atomic E-state index is 12.2. The molecule has 1 aromatic rings. The number of aromatic nitrogens is 2. The van der Waals surface area contributed by atoms with Crippen LogP contribution < -0.4 is 10.5 Å². The number of aryl methyl sites for hydroxylation is 1. The number of anilines is 1. The van der Waals surface area contributed by atoms with Crippen LogP contribution in [0.15, 0.2) is 11.1 Å². The van der Waals surface area contributed by atoms with Gasteiger partial charge in [0.15, 0.2) is 5.82 Å². The number of nitrogens with two attached hydrogens (primary N) is 1. The molecule has 1 aromatic heterocycles. The van der Waals surface area contributed by atoms with Gasteiger partial charge in [-0.2, -0.15) is 5.10 Å². The number of hydrogen-bond donors (Lipinski definition) is 2. The summed E-state index contributed by atoms with van der Waals surface area (Å²) in [4.78, 5) is 0.0353.